The van der Waals surface area contributed by atoms with Crippen LogP contribution in [-0.2, 0) is 4.79 Å². The fraction of sp³-hybridized carbons (Fsp3) is 0.529. The average Bonchev–Trinajstić information content (AvgIpc) is 2.36. The van der Waals surface area contributed by atoms with Gasteiger partial charge in [0.15, 0.2) is 0 Å². The van der Waals surface area contributed by atoms with Gasteiger partial charge in [-0.15, -0.1) is 0 Å². The van der Waals surface area contributed by atoms with Crippen LogP contribution < -0.4 is 11.1 Å². The molecule has 0 radical (unpaired) electrons. The number of hydrogen-bond donors (Lipinski definition) is 2. The second kappa shape index (κ2) is 7.24. The van der Waals surface area contributed by atoms with Crippen LogP contribution in [0.1, 0.15) is 57.7 Å². The largest absolute Gasteiger partial charge is 0.350 e. The van der Waals surface area contributed by atoms with Crippen LogP contribution in [0, 0.1) is 16.7 Å². The predicted molar refractivity (Wildman–Crippen MR) is 84.4 cm³/mol. The molecule has 4 nitrogen and oxygen atoms in total. The number of nitrogens with two attached hydrogens (primary N) is 1. The Bertz CT molecular complexity index is 508. The molecule has 0 fully saturated rings. The summed E-state index contributed by atoms with van der Waals surface area (Å²) in [6.45, 7) is 8.27. The number of hydrogen-bond acceptors (Lipinski definition) is 3. The summed E-state index contributed by atoms with van der Waals surface area (Å²) >= 11 is 0. The number of benzene rings is 1. The maximum atomic E-state index is 12.0. The van der Waals surface area contributed by atoms with Crippen molar-refractivity contribution in [1.29, 1.82) is 5.26 Å². The van der Waals surface area contributed by atoms with E-state index in [4.69, 9.17) is 11.0 Å². The summed E-state index contributed by atoms with van der Waals surface area (Å²) in [6.07, 6.45) is 1.14. The second-order valence-electron chi connectivity index (χ2n) is 6.75. The van der Waals surface area contributed by atoms with Crippen LogP contribution in [0.4, 0.5) is 0 Å². The molecule has 21 heavy (non-hydrogen) atoms. The predicted octanol–water partition coefficient (Wildman–Crippen LogP) is 2.89. The van der Waals surface area contributed by atoms with Crippen LogP contribution in [0.5, 0.6) is 0 Å². The number of nitrogens with one attached hydrogen (secondary N) is 1. The summed E-state index contributed by atoms with van der Waals surface area (Å²) in [5.41, 5.74) is 7.73. The van der Waals surface area contributed by atoms with E-state index >= 15 is 0 Å². The standard InChI is InChI=1S/C17H25N3O/c1-12(14-7-5-13(11-18)6-8-14)20-16(21)9-15(19)10-17(2,3)4/h5-8,12,15H,9-10,19H2,1-4H3,(H,20,21). The van der Waals surface area contributed by atoms with Gasteiger partial charge in [0, 0.05) is 12.5 Å². The molecule has 1 aromatic rings. The zero-order chi connectivity index (χ0) is 16.0. The van der Waals surface area contributed by atoms with Gasteiger partial charge in [-0.1, -0.05) is 32.9 Å². The van der Waals surface area contributed by atoms with Gasteiger partial charge in [-0.25, -0.2) is 0 Å². The molecule has 2 unspecified atom stereocenters. The van der Waals surface area contributed by atoms with E-state index in [2.05, 4.69) is 32.2 Å². The van der Waals surface area contributed by atoms with Gasteiger partial charge in [0.2, 0.25) is 5.91 Å². The fourth-order valence-electron chi connectivity index (χ4n) is 2.33. The maximum Gasteiger partial charge on any atom is 0.222 e. The summed E-state index contributed by atoms with van der Waals surface area (Å²) in [4.78, 5) is 12.0. The van der Waals surface area contributed by atoms with Crippen LogP contribution in [0.2, 0.25) is 0 Å². The molecule has 1 aromatic carbocycles. The van der Waals surface area contributed by atoms with E-state index in [9.17, 15) is 4.79 Å². The number of nitrogens with zero attached hydrogens (tertiary/aromatic N) is 1. The number of rotatable bonds is 5. The minimum Gasteiger partial charge on any atom is -0.350 e. The van der Waals surface area contributed by atoms with E-state index in [1.54, 1.807) is 12.1 Å². The Kier molecular flexibility index (Phi) is 5.92. The molecule has 114 valence electrons. The van der Waals surface area contributed by atoms with Gasteiger partial charge in [-0.3, -0.25) is 4.79 Å². The normalized spacial score (nSPS) is 14.1. The maximum absolute atomic E-state index is 12.0. The van der Waals surface area contributed by atoms with Gasteiger partial charge < -0.3 is 11.1 Å². The third-order valence-electron chi connectivity index (χ3n) is 3.24. The van der Waals surface area contributed by atoms with E-state index in [0.29, 0.717) is 12.0 Å². The van der Waals surface area contributed by atoms with Gasteiger partial charge >= 0.3 is 0 Å². The van der Waals surface area contributed by atoms with Crippen LogP contribution in [0.25, 0.3) is 0 Å². The van der Waals surface area contributed by atoms with Crippen LogP contribution in [0.15, 0.2) is 24.3 Å². The lowest BCUT2D eigenvalue weighted by molar-refractivity contribution is -0.122. The average molecular weight is 287 g/mol. The Labute approximate surface area is 127 Å². The van der Waals surface area contributed by atoms with Crippen molar-refractivity contribution in [2.45, 2.75) is 52.6 Å². The Morgan fingerprint density at radius 3 is 2.38 bits per heavy atom. The smallest absolute Gasteiger partial charge is 0.222 e. The van der Waals surface area contributed by atoms with E-state index in [-0.39, 0.29) is 23.4 Å². The van der Waals surface area contributed by atoms with Crippen molar-refractivity contribution >= 4 is 5.91 Å². The first-order valence-corrected chi connectivity index (χ1v) is 7.26. The minimum absolute atomic E-state index is 0.0383. The molecule has 0 aliphatic heterocycles. The zero-order valence-corrected chi connectivity index (χ0v) is 13.3. The monoisotopic (exact) mass is 287 g/mol. The van der Waals surface area contributed by atoms with Crippen LogP contribution >= 0.6 is 0 Å². The fourth-order valence-corrected chi connectivity index (χ4v) is 2.33. The highest BCUT2D eigenvalue weighted by molar-refractivity contribution is 5.77. The summed E-state index contributed by atoms with van der Waals surface area (Å²) < 4.78 is 0. The van der Waals surface area contributed by atoms with Crippen molar-refractivity contribution in [3.05, 3.63) is 35.4 Å². The topological polar surface area (TPSA) is 78.9 Å². The summed E-state index contributed by atoms with van der Waals surface area (Å²) in [6, 6.07) is 9.09. The molecule has 0 saturated carbocycles. The van der Waals surface area contributed by atoms with E-state index < -0.39 is 0 Å². The molecule has 0 saturated heterocycles. The third kappa shape index (κ3) is 6.42. The third-order valence-corrected chi connectivity index (χ3v) is 3.24. The highest BCUT2D eigenvalue weighted by Gasteiger charge is 2.19. The molecule has 0 aliphatic carbocycles. The van der Waals surface area contributed by atoms with Crippen molar-refractivity contribution in [1.82, 2.24) is 5.32 Å². The molecule has 0 heterocycles. The Morgan fingerprint density at radius 1 is 1.33 bits per heavy atom. The molecule has 0 spiro atoms. The number of carbonyl (C=O) groups excluding carboxylic acids is 1. The first kappa shape index (κ1) is 17.2. The van der Waals surface area contributed by atoms with Gasteiger partial charge in [0.1, 0.15) is 0 Å². The molecule has 4 heteroatoms. The highest BCUT2D eigenvalue weighted by Crippen LogP contribution is 2.21. The molecule has 1 rings (SSSR count). The SMILES string of the molecule is CC(NC(=O)CC(N)CC(C)(C)C)c1ccc(C#N)cc1. The van der Waals surface area contributed by atoms with Crippen molar-refractivity contribution in [3.63, 3.8) is 0 Å². The molecule has 0 aromatic heterocycles. The quantitative estimate of drug-likeness (QED) is 0.874. The molecule has 2 atom stereocenters. The van der Waals surface area contributed by atoms with Crippen LogP contribution in [-0.4, -0.2) is 11.9 Å². The molecular formula is C17H25N3O. The number of carbonyl (C=O) groups is 1. The van der Waals surface area contributed by atoms with Gasteiger partial charge in [0.25, 0.3) is 0 Å². The van der Waals surface area contributed by atoms with E-state index in [1.165, 1.54) is 0 Å². The van der Waals surface area contributed by atoms with Gasteiger partial charge in [-0.2, -0.15) is 5.26 Å². The van der Waals surface area contributed by atoms with Gasteiger partial charge in [-0.05, 0) is 36.5 Å². The van der Waals surface area contributed by atoms with Crippen molar-refractivity contribution in [2.24, 2.45) is 11.1 Å². The lowest BCUT2D eigenvalue weighted by atomic mass is 9.87. The number of nitriles is 1. The summed E-state index contributed by atoms with van der Waals surface area (Å²) in [5, 5.41) is 11.7. The lowest BCUT2D eigenvalue weighted by Gasteiger charge is -2.23. The molecule has 0 bridgehead atoms. The van der Waals surface area contributed by atoms with Crippen molar-refractivity contribution < 1.29 is 4.79 Å². The molecule has 0 aliphatic rings. The molecular weight excluding hydrogens is 262 g/mol. The lowest BCUT2D eigenvalue weighted by Crippen LogP contribution is -2.35. The van der Waals surface area contributed by atoms with Crippen LogP contribution in [0.3, 0.4) is 0 Å². The Morgan fingerprint density at radius 2 is 1.90 bits per heavy atom. The first-order chi connectivity index (χ1) is 9.71. The summed E-state index contributed by atoms with van der Waals surface area (Å²) in [7, 11) is 0. The van der Waals surface area contributed by atoms with E-state index in [0.717, 1.165) is 12.0 Å². The first-order valence-electron chi connectivity index (χ1n) is 7.26. The summed E-state index contributed by atoms with van der Waals surface area (Å²) in [5.74, 6) is -0.0383. The Balaban J connectivity index is 2.52. The minimum atomic E-state index is -0.127. The molecule has 3 N–H and O–H groups in total. The zero-order valence-electron chi connectivity index (χ0n) is 13.3. The molecule has 1 amide bonds. The van der Waals surface area contributed by atoms with Crippen molar-refractivity contribution in [2.75, 3.05) is 0 Å². The van der Waals surface area contributed by atoms with Gasteiger partial charge in [0.05, 0.1) is 17.7 Å². The second-order valence-corrected chi connectivity index (χ2v) is 6.75. The Hall–Kier alpha value is -1.86. The number of amides is 1. The highest BCUT2D eigenvalue weighted by atomic mass is 16.1. The van der Waals surface area contributed by atoms with Crippen molar-refractivity contribution in [3.8, 4) is 6.07 Å². The van der Waals surface area contributed by atoms with E-state index in [1.807, 2.05) is 19.1 Å².